The minimum absolute atomic E-state index is 0.0274. The van der Waals surface area contributed by atoms with Crippen molar-refractivity contribution in [1.29, 1.82) is 0 Å². The molecular formula is C15H26N2O3. The zero-order valence-corrected chi connectivity index (χ0v) is 12.9. The Morgan fingerprint density at radius 2 is 2.05 bits per heavy atom. The lowest BCUT2D eigenvalue weighted by Gasteiger charge is -2.45. The predicted molar refractivity (Wildman–Crippen MR) is 76.2 cm³/mol. The smallest absolute Gasteiger partial charge is 0.246 e. The number of nitrogens with zero attached hydrogens (tertiary/aromatic N) is 1. The molecule has 0 aliphatic carbocycles. The number of carbonyl (C=O) groups excluding carboxylic acids is 2. The summed E-state index contributed by atoms with van der Waals surface area (Å²) >= 11 is 0. The summed E-state index contributed by atoms with van der Waals surface area (Å²) in [6, 6.07) is -0.376. The van der Waals surface area contributed by atoms with Gasteiger partial charge in [0.25, 0.3) is 0 Å². The van der Waals surface area contributed by atoms with Crippen molar-refractivity contribution in [2.45, 2.75) is 77.2 Å². The first kappa shape index (κ1) is 15.3. The highest BCUT2D eigenvalue weighted by Gasteiger charge is 2.46. The zero-order valence-electron chi connectivity index (χ0n) is 12.9. The van der Waals surface area contributed by atoms with Gasteiger partial charge in [-0.1, -0.05) is 13.3 Å². The predicted octanol–water partition coefficient (Wildman–Crippen LogP) is 1.46. The Bertz CT molecular complexity index is 395. The van der Waals surface area contributed by atoms with Crippen molar-refractivity contribution in [3.8, 4) is 0 Å². The first-order valence-electron chi connectivity index (χ1n) is 7.64. The van der Waals surface area contributed by atoms with Gasteiger partial charge >= 0.3 is 0 Å². The van der Waals surface area contributed by atoms with Crippen LogP contribution in [0.25, 0.3) is 0 Å². The molecule has 3 unspecified atom stereocenters. The Kier molecular flexibility index (Phi) is 4.37. The van der Waals surface area contributed by atoms with E-state index in [2.05, 4.69) is 12.2 Å². The van der Waals surface area contributed by atoms with Gasteiger partial charge in [0.1, 0.15) is 11.6 Å². The van der Waals surface area contributed by atoms with Crippen LogP contribution in [0.4, 0.5) is 0 Å². The second-order valence-corrected chi connectivity index (χ2v) is 6.47. The number of piperazine rings is 1. The quantitative estimate of drug-likeness (QED) is 0.849. The summed E-state index contributed by atoms with van der Waals surface area (Å²) in [5.41, 5.74) is -0.795. The van der Waals surface area contributed by atoms with E-state index in [1.165, 1.54) is 0 Å². The molecule has 114 valence electrons. The minimum atomic E-state index is -0.795. The second-order valence-electron chi connectivity index (χ2n) is 6.47. The van der Waals surface area contributed by atoms with Gasteiger partial charge in [-0.25, -0.2) is 0 Å². The third-order valence-electron chi connectivity index (χ3n) is 4.38. The Morgan fingerprint density at radius 3 is 2.60 bits per heavy atom. The molecule has 2 rings (SSSR count). The first-order valence-corrected chi connectivity index (χ1v) is 7.64. The lowest BCUT2D eigenvalue weighted by Crippen LogP contribution is -2.69. The molecule has 0 bridgehead atoms. The fourth-order valence-electron chi connectivity index (χ4n) is 3.01. The van der Waals surface area contributed by atoms with Crippen molar-refractivity contribution in [3.05, 3.63) is 0 Å². The van der Waals surface area contributed by atoms with Gasteiger partial charge in [0.05, 0.1) is 12.2 Å². The molecule has 0 radical (unpaired) electrons. The molecule has 0 aromatic carbocycles. The maximum Gasteiger partial charge on any atom is 0.246 e. The van der Waals surface area contributed by atoms with Gasteiger partial charge in [0, 0.05) is 6.54 Å². The van der Waals surface area contributed by atoms with Crippen LogP contribution in [0.5, 0.6) is 0 Å². The molecule has 20 heavy (non-hydrogen) atoms. The van der Waals surface area contributed by atoms with Gasteiger partial charge in [0.15, 0.2) is 0 Å². The molecule has 1 N–H and O–H groups in total. The van der Waals surface area contributed by atoms with Crippen LogP contribution in [0.3, 0.4) is 0 Å². The van der Waals surface area contributed by atoms with E-state index in [1.807, 2.05) is 6.92 Å². The molecule has 3 atom stereocenters. The number of hydrogen-bond acceptors (Lipinski definition) is 3. The second kappa shape index (κ2) is 5.72. The lowest BCUT2D eigenvalue weighted by molar-refractivity contribution is -0.157. The van der Waals surface area contributed by atoms with Crippen molar-refractivity contribution < 1.29 is 14.3 Å². The molecule has 0 aromatic heterocycles. The van der Waals surface area contributed by atoms with Gasteiger partial charge in [-0.15, -0.1) is 0 Å². The molecule has 2 amide bonds. The normalized spacial score (nSPS) is 33.4. The molecule has 2 fully saturated rings. The van der Waals surface area contributed by atoms with Crippen molar-refractivity contribution in [1.82, 2.24) is 10.2 Å². The van der Waals surface area contributed by atoms with Crippen molar-refractivity contribution in [2.24, 2.45) is 0 Å². The number of carbonyl (C=O) groups is 2. The number of hydrogen-bond donors (Lipinski definition) is 1. The third kappa shape index (κ3) is 2.82. The van der Waals surface area contributed by atoms with Crippen LogP contribution in [0.2, 0.25) is 0 Å². The topological polar surface area (TPSA) is 58.6 Å². The Morgan fingerprint density at radius 1 is 1.35 bits per heavy atom. The van der Waals surface area contributed by atoms with E-state index < -0.39 is 5.54 Å². The molecular weight excluding hydrogens is 256 g/mol. The largest absolute Gasteiger partial charge is 0.373 e. The van der Waals surface area contributed by atoms with Gasteiger partial charge in [-0.2, -0.15) is 0 Å². The van der Waals surface area contributed by atoms with Crippen LogP contribution in [-0.4, -0.2) is 47.0 Å². The number of rotatable bonds is 4. The molecule has 5 nitrogen and oxygen atoms in total. The highest BCUT2D eigenvalue weighted by Crippen LogP contribution is 2.27. The summed E-state index contributed by atoms with van der Waals surface area (Å²) in [6.07, 6.45) is 3.87. The number of amides is 2. The van der Waals surface area contributed by atoms with Gasteiger partial charge in [0.2, 0.25) is 11.8 Å². The van der Waals surface area contributed by atoms with E-state index in [4.69, 9.17) is 4.74 Å². The highest BCUT2D eigenvalue weighted by molar-refractivity contribution is 5.99. The highest BCUT2D eigenvalue weighted by atomic mass is 16.5. The third-order valence-corrected chi connectivity index (χ3v) is 4.38. The monoisotopic (exact) mass is 282 g/mol. The van der Waals surface area contributed by atoms with E-state index >= 15 is 0 Å². The molecule has 0 aromatic rings. The van der Waals surface area contributed by atoms with Gasteiger partial charge in [-0.3, -0.25) is 9.59 Å². The molecule has 2 saturated heterocycles. The zero-order chi connectivity index (χ0) is 14.9. The molecule has 0 spiro atoms. The van der Waals surface area contributed by atoms with E-state index in [0.29, 0.717) is 13.0 Å². The summed E-state index contributed by atoms with van der Waals surface area (Å²) in [5.74, 6) is -0.0406. The fourth-order valence-corrected chi connectivity index (χ4v) is 3.01. The Hall–Kier alpha value is -1.10. The number of nitrogens with one attached hydrogen (secondary N) is 1. The maximum atomic E-state index is 12.6. The first-order chi connectivity index (χ1) is 9.36. The summed E-state index contributed by atoms with van der Waals surface area (Å²) in [7, 11) is 0. The maximum absolute atomic E-state index is 12.6. The van der Waals surface area contributed by atoms with E-state index in [9.17, 15) is 9.59 Å². The van der Waals surface area contributed by atoms with Gasteiger partial charge in [-0.05, 0) is 40.0 Å². The Labute approximate surface area is 121 Å². The van der Waals surface area contributed by atoms with Crippen LogP contribution in [0.15, 0.2) is 0 Å². The SMILES string of the molecule is CCCC1NC(=O)C(C)(C)N(CC2CCC(C)O2)C1=O. The van der Waals surface area contributed by atoms with Crippen molar-refractivity contribution in [3.63, 3.8) is 0 Å². The molecule has 2 aliphatic heterocycles. The van der Waals surface area contributed by atoms with Crippen LogP contribution in [-0.2, 0) is 14.3 Å². The van der Waals surface area contributed by atoms with Gasteiger partial charge < -0.3 is 15.0 Å². The van der Waals surface area contributed by atoms with Crippen LogP contribution in [0.1, 0.15) is 53.4 Å². The minimum Gasteiger partial charge on any atom is -0.373 e. The average molecular weight is 282 g/mol. The number of ether oxygens (including phenoxy) is 1. The van der Waals surface area contributed by atoms with E-state index in [-0.39, 0.29) is 30.1 Å². The molecule has 2 aliphatic rings. The van der Waals surface area contributed by atoms with E-state index in [1.54, 1.807) is 18.7 Å². The lowest BCUT2D eigenvalue weighted by atomic mass is 9.93. The summed E-state index contributed by atoms with van der Waals surface area (Å²) in [5, 5.41) is 2.85. The molecule has 5 heteroatoms. The summed E-state index contributed by atoms with van der Waals surface area (Å²) in [6.45, 7) is 8.20. The average Bonchev–Trinajstić information content (AvgIpc) is 2.78. The van der Waals surface area contributed by atoms with Crippen molar-refractivity contribution >= 4 is 11.8 Å². The van der Waals surface area contributed by atoms with Crippen molar-refractivity contribution in [2.75, 3.05) is 6.54 Å². The summed E-state index contributed by atoms with van der Waals surface area (Å²) < 4.78 is 5.81. The fraction of sp³-hybridized carbons (Fsp3) is 0.867. The van der Waals surface area contributed by atoms with Crippen LogP contribution < -0.4 is 5.32 Å². The molecule has 2 heterocycles. The molecule has 0 saturated carbocycles. The Balaban J connectivity index is 2.12. The van der Waals surface area contributed by atoms with Crippen LogP contribution >= 0.6 is 0 Å². The summed E-state index contributed by atoms with van der Waals surface area (Å²) in [4.78, 5) is 26.6. The standard InChI is InChI=1S/C15H26N2O3/c1-5-6-12-13(18)17(15(3,4)14(19)16-12)9-11-8-7-10(2)20-11/h10-12H,5-9H2,1-4H3,(H,16,19). The van der Waals surface area contributed by atoms with E-state index in [0.717, 1.165) is 19.3 Å². The van der Waals surface area contributed by atoms with Crippen LogP contribution in [0, 0.1) is 0 Å².